The molecule has 0 saturated heterocycles. The monoisotopic (exact) mass is 393 g/mol. The van der Waals surface area contributed by atoms with Crippen molar-refractivity contribution in [3.05, 3.63) is 50.3 Å². The highest BCUT2D eigenvalue weighted by molar-refractivity contribution is 6.36. The molecular formula is C25H35N3O. The number of hydrogen-bond acceptors (Lipinski definition) is 2. The van der Waals surface area contributed by atoms with Gasteiger partial charge in [0.1, 0.15) is 0 Å². The molecule has 2 aromatic rings. The quantitative estimate of drug-likeness (QED) is 0.688. The van der Waals surface area contributed by atoms with Gasteiger partial charge in [-0.1, -0.05) is 0 Å². The van der Waals surface area contributed by atoms with Crippen LogP contribution in [0, 0.1) is 48.5 Å². The minimum Gasteiger partial charge on any atom is -0.348 e. The fourth-order valence-corrected chi connectivity index (χ4v) is 4.47. The Morgan fingerprint density at radius 2 is 1.38 bits per heavy atom. The summed E-state index contributed by atoms with van der Waals surface area (Å²) in [5.74, 6) is 0.0910. The lowest BCUT2D eigenvalue weighted by molar-refractivity contribution is -0.113. The summed E-state index contributed by atoms with van der Waals surface area (Å²) in [7, 11) is 6.13. The molecule has 4 nitrogen and oxygen atoms in total. The van der Waals surface area contributed by atoms with Gasteiger partial charge in [-0.3, -0.25) is 14.6 Å². The molecule has 1 aliphatic rings. The lowest BCUT2D eigenvalue weighted by Crippen LogP contribution is -2.44. The van der Waals surface area contributed by atoms with Crippen molar-refractivity contribution in [1.82, 2.24) is 9.47 Å². The van der Waals surface area contributed by atoms with Crippen molar-refractivity contribution in [3.8, 4) is 0 Å². The third-order valence-electron chi connectivity index (χ3n) is 7.37. The van der Waals surface area contributed by atoms with Crippen LogP contribution in [0.25, 0.3) is 11.6 Å². The zero-order chi connectivity index (χ0) is 21.9. The van der Waals surface area contributed by atoms with E-state index in [2.05, 4.69) is 78.0 Å². The Bertz CT molecular complexity index is 1030. The summed E-state index contributed by atoms with van der Waals surface area (Å²) in [6.07, 6.45) is 2.09. The van der Waals surface area contributed by atoms with Gasteiger partial charge in [0.15, 0.2) is 0 Å². The Morgan fingerprint density at radius 3 is 1.86 bits per heavy atom. The van der Waals surface area contributed by atoms with Gasteiger partial charge in [-0.25, -0.2) is 0 Å². The smallest absolute Gasteiger partial charge is 0.260 e. The molecule has 0 saturated carbocycles. The molecule has 0 bridgehead atoms. The van der Waals surface area contributed by atoms with E-state index in [9.17, 15) is 4.79 Å². The number of hydrogen-bond donors (Lipinski definition) is 0. The fraction of sp³-hybridized carbons (Fsp3) is 0.480. The van der Waals surface area contributed by atoms with Crippen molar-refractivity contribution in [2.24, 2.45) is 7.05 Å². The number of rotatable bonds is 3. The van der Waals surface area contributed by atoms with Crippen LogP contribution in [0.15, 0.2) is 0 Å². The minimum atomic E-state index is -0.0228. The Kier molecular flexibility index (Phi) is 5.29. The molecule has 1 unspecified atom stereocenters. The normalized spacial score (nSPS) is 16.3. The van der Waals surface area contributed by atoms with Gasteiger partial charge in [0.05, 0.1) is 17.4 Å². The summed E-state index contributed by atoms with van der Waals surface area (Å²) in [4.78, 5) is 17.8. The van der Waals surface area contributed by atoms with Gasteiger partial charge in [0.25, 0.3) is 5.91 Å². The van der Waals surface area contributed by atoms with Gasteiger partial charge < -0.3 is 4.57 Å². The largest absolute Gasteiger partial charge is 0.348 e. The highest BCUT2D eigenvalue weighted by atomic mass is 16.2. The van der Waals surface area contributed by atoms with Crippen molar-refractivity contribution in [2.45, 2.75) is 61.6 Å². The number of carbonyl (C=O) groups excluding carboxylic acids is 1. The zero-order valence-corrected chi connectivity index (χ0v) is 19.9. The fourth-order valence-electron chi connectivity index (χ4n) is 4.47. The maximum atomic E-state index is 13.8. The Labute approximate surface area is 175 Å². The van der Waals surface area contributed by atoms with Crippen LogP contribution in [0.2, 0.25) is 0 Å². The summed E-state index contributed by atoms with van der Waals surface area (Å²) in [5.41, 5.74) is 12.8. The molecule has 1 amide bonds. The first kappa shape index (κ1) is 21.4. The van der Waals surface area contributed by atoms with Crippen molar-refractivity contribution in [1.29, 1.82) is 0 Å². The molecule has 1 aromatic carbocycles. The molecular weight excluding hydrogens is 358 g/mol. The maximum absolute atomic E-state index is 13.8. The topological polar surface area (TPSA) is 28.5 Å². The molecule has 1 aliphatic heterocycles. The second-order valence-electron chi connectivity index (χ2n) is 8.83. The van der Waals surface area contributed by atoms with Gasteiger partial charge in [-0.05, 0) is 109 Å². The average Bonchev–Trinajstić information content (AvgIpc) is 3.06. The van der Waals surface area contributed by atoms with Gasteiger partial charge in [0, 0.05) is 24.0 Å². The molecule has 0 fully saturated rings. The van der Waals surface area contributed by atoms with E-state index in [1.807, 2.05) is 19.0 Å². The van der Waals surface area contributed by atoms with E-state index in [0.29, 0.717) is 0 Å². The lowest BCUT2D eigenvalue weighted by Gasteiger charge is -2.32. The molecule has 2 heterocycles. The maximum Gasteiger partial charge on any atom is 0.260 e. The second-order valence-corrected chi connectivity index (χ2v) is 8.83. The predicted molar refractivity (Wildman–Crippen MR) is 124 cm³/mol. The number of benzene rings is 1. The SMILES string of the molecule is Cc1c(C)c(C)c2c(c1C)C(=Cc1c(C)c(C)c(C)n1C)C(=O)N2C(C)N(C)C. The first-order valence-electron chi connectivity index (χ1n) is 10.4. The number of amides is 1. The van der Waals surface area contributed by atoms with Crippen LogP contribution in [0.3, 0.4) is 0 Å². The molecule has 3 rings (SSSR count). The Morgan fingerprint density at radius 1 is 0.828 bits per heavy atom. The summed E-state index contributed by atoms with van der Waals surface area (Å²) >= 11 is 0. The number of nitrogens with zero attached hydrogens (tertiary/aromatic N) is 3. The van der Waals surface area contributed by atoms with Gasteiger partial charge >= 0.3 is 0 Å². The molecule has 29 heavy (non-hydrogen) atoms. The van der Waals surface area contributed by atoms with Crippen LogP contribution in [-0.2, 0) is 11.8 Å². The second kappa shape index (κ2) is 7.17. The van der Waals surface area contributed by atoms with E-state index < -0.39 is 0 Å². The summed E-state index contributed by atoms with van der Waals surface area (Å²) in [6, 6.07) is 0. The van der Waals surface area contributed by atoms with Gasteiger partial charge in [-0.2, -0.15) is 0 Å². The van der Waals surface area contributed by atoms with Crippen molar-refractivity contribution < 1.29 is 4.79 Å². The van der Waals surface area contributed by atoms with Crippen molar-refractivity contribution >= 4 is 23.2 Å². The minimum absolute atomic E-state index is 0.0228. The molecule has 0 aliphatic carbocycles. The molecule has 0 spiro atoms. The summed E-state index contributed by atoms with van der Waals surface area (Å²) in [6.45, 7) is 17.2. The lowest BCUT2D eigenvalue weighted by atomic mass is 9.90. The van der Waals surface area contributed by atoms with E-state index in [-0.39, 0.29) is 12.1 Å². The van der Waals surface area contributed by atoms with E-state index in [1.165, 1.54) is 39.1 Å². The van der Waals surface area contributed by atoms with E-state index >= 15 is 0 Å². The van der Waals surface area contributed by atoms with Crippen LogP contribution in [0.5, 0.6) is 0 Å². The van der Waals surface area contributed by atoms with Gasteiger partial charge in [-0.15, -0.1) is 0 Å². The standard InChI is InChI=1S/C25H35N3O/c1-13-14(2)18(6)24-23(17(13)5)21(25(29)28(24)20(8)26(9)10)12-22-16(4)15(3)19(7)27(22)11/h12,20H,1-11H3. The molecule has 0 radical (unpaired) electrons. The third-order valence-corrected chi connectivity index (χ3v) is 7.37. The van der Waals surface area contributed by atoms with Crippen molar-refractivity contribution in [2.75, 3.05) is 19.0 Å². The van der Waals surface area contributed by atoms with Crippen LogP contribution in [0.1, 0.15) is 57.3 Å². The first-order valence-corrected chi connectivity index (χ1v) is 10.4. The Hall–Kier alpha value is -2.33. The molecule has 0 N–H and O–H groups in total. The van der Waals surface area contributed by atoms with E-state index in [0.717, 1.165) is 22.5 Å². The van der Waals surface area contributed by atoms with Gasteiger partial charge in [0.2, 0.25) is 0 Å². The number of anilines is 1. The molecule has 4 heteroatoms. The zero-order valence-electron chi connectivity index (χ0n) is 19.9. The van der Waals surface area contributed by atoms with E-state index in [4.69, 9.17) is 0 Å². The van der Waals surface area contributed by atoms with Crippen LogP contribution in [0.4, 0.5) is 5.69 Å². The van der Waals surface area contributed by atoms with Crippen LogP contribution >= 0.6 is 0 Å². The van der Waals surface area contributed by atoms with Crippen LogP contribution < -0.4 is 4.90 Å². The van der Waals surface area contributed by atoms with E-state index in [1.54, 1.807) is 0 Å². The number of fused-ring (bicyclic) bond motifs is 1. The highest BCUT2D eigenvalue weighted by Crippen LogP contribution is 2.46. The predicted octanol–water partition coefficient (Wildman–Crippen LogP) is 4.98. The van der Waals surface area contributed by atoms with Crippen LogP contribution in [-0.4, -0.2) is 35.6 Å². The third kappa shape index (κ3) is 2.96. The number of carbonyl (C=O) groups is 1. The van der Waals surface area contributed by atoms with Crippen molar-refractivity contribution in [3.63, 3.8) is 0 Å². The molecule has 156 valence electrons. The first-order chi connectivity index (χ1) is 13.4. The number of aromatic nitrogens is 1. The Balaban J connectivity index is 2.38. The molecule has 1 atom stereocenters. The average molecular weight is 394 g/mol. The summed E-state index contributed by atoms with van der Waals surface area (Å²) < 4.78 is 2.20. The highest BCUT2D eigenvalue weighted by Gasteiger charge is 2.39. The summed E-state index contributed by atoms with van der Waals surface area (Å²) in [5, 5.41) is 0. The molecule has 1 aromatic heterocycles.